The van der Waals surface area contributed by atoms with Gasteiger partial charge >= 0.3 is 0 Å². The fourth-order valence-corrected chi connectivity index (χ4v) is 4.54. The lowest BCUT2D eigenvalue weighted by Crippen LogP contribution is -2.47. The highest BCUT2D eigenvalue weighted by Gasteiger charge is 2.40. The van der Waals surface area contributed by atoms with Crippen LogP contribution >= 0.6 is 11.8 Å². The predicted octanol–water partition coefficient (Wildman–Crippen LogP) is 3.01. The molecule has 0 radical (unpaired) electrons. The maximum atomic E-state index is 12.6. The first kappa shape index (κ1) is 17.5. The largest absolute Gasteiger partial charge is 0.354 e. The molecule has 130 valence electrons. The summed E-state index contributed by atoms with van der Waals surface area (Å²) in [7, 11) is 0. The first-order valence-corrected chi connectivity index (χ1v) is 9.49. The molecule has 2 aromatic carbocycles. The van der Waals surface area contributed by atoms with E-state index in [1.165, 1.54) is 12.5 Å². The van der Waals surface area contributed by atoms with Crippen molar-refractivity contribution in [3.63, 3.8) is 0 Å². The average Bonchev–Trinajstić information content (AvgIpc) is 3.09. The van der Waals surface area contributed by atoms with E-state index in [4.69, 9.17) is 0 Å². The first-order chi connectivity index (χ1) is 12.2. The van der Waals surface area contributed by atoms with Crippen LogP contribution in [0.4, 0.5) is 0 Å². The van der Waals surface area contributed by atoms with Crippen molar-refractivity contribution < 1.29 is 9.59 Å². The number of rotatable bonds is 5. The molecule has 4 nitrogen and oxygen atoms in total. The van der Waals surface area contributed by atoms with Gasteiger partial charge in [-0.15, -0.1) is 11.8 Å². The highest BCUT2D eigenvalue weighted by molar-refractivity contribution is 7.99. The molecule has 2 atom stereocenters. The minimum atomic E-state index is -0.413. The summed E-state index contributed by atoms with van der Waals surface area (Å²) >= 11 is 1.64. The summed E-state index contributed by atoms with van der Waals surface area (Å²) in [6.07, 6.45) is 0.786. The summed E-state index contributed by atoms with van der Waals surface area (Å²) in [6, 6.07) is 19.5. The molecule has 1 aliphatic rings. The number of amides is 2. The van der Waals surface area contributed by atoms with E-state index in [9.17, 15) is 9.59 Å². The first-order valence-electron chi connectivity index (χ1n) is 8.44. The van der Waals surface area contributed by atoms with Gasteiger partial charge < -0.3 is 10.2 Å². The van der Waals surface area contributed by atoms with Crippen molar-refractivity contribution in [2.24, 2.45) is 0 Å². The number of benzene rings is 2. The Bertz CT molecular complexity index is 721. The fourth-order valence-electron chi connectivity index (χ4n) is 3.06. The molecule has 0 saturated carbocycles. The summed E-state index contributed by atoms with van der Waals surface area (Å²) in [6.45, 7) is 2.11. The fraction of sp³-hybridized carbons (Fsp3) is 0.300. The Labute approximate surface area is 152 Å². The van der Waals surface area contributed by atoms with Crippen LogP contribution in [-0.2, 0) is 16.0 Å². The van der Waals surface area contributed by atoms with Crippen LogP contribution in [0, 0.1) is 0 Å². The van der Waals surface area contributed by atoms with Crippen LogP contribution in [0.5, 0.6) is 0 Å². The maximum Gasteiger partial charge on any atom is 0.243 e. The van der Waals surface area contributed by atoms with E-state index in [2.05, 4.69) is 5.32 Å². The molecule has 1 N–H and O–H groups in total. The number of hydrogen-bond donors (Lipinski definition) is 1. The smallest absolute Gasteiger partial charge is 0.243 e. The third-order valence-electron chi connectivity index (χ3n) is 4.31. The zero-order valence-electron chi connectivity index (χ0n) is 14.2. The molecule has 0 aromatic heterocycles. The molecule has 0 aliphatic carbocycles. The van der Waals surface area contributed by atoms with Gasteiger partial charge in [0.1, 0.15) is 11.4 Å². The van der Waals surface area contributed by atoms with Crippen LogP contribution in [-0.4, -0.2) is 35.1 Å². The SMILES string of the molecule is CC(=O)N1C(C(=O)NCCc2ccccc2)CSC1c1ccccc1. The van der Waals surface area contributed by atoms with Crippen LogP contribution in [0.2, 0.25) is 0 Å². The van der Waals surface area contributed by atoms with E-state index < -0.39 is 6.04 Å². The Morgan fingerprint density at radius 1 is 1.08 bits per heavy atom. The van der Waals surface area contributed by atoms with Gasteiger partial charge in [0.15, 0.2) is 0 Å². The van der Waals surface area contributed by atoms with Crippen LogP contribution in [0.25, 0.3) is 0 Å². The molecule has 5 heteroatoms. The number of carbonyl (C=O) groups excluding carboxylic acids is 2. The van der Waals surface area contributed by atoms with Gasteiger partial charge in [0, 0.05) is 19.2 Å². The van der Waals surface area contributed by atoms with E-state index in [1.807, 2.05) is 60.7 Å². The van der Waals surface area contributed by atoms with Crippen molar-refractivity contribution in [1.29, 1.82) is 0 Å². The van der Waals surface area contributed by atoms with Crippen molar-refractivity contribution in [2.45, 2.75) is 24.8 Å². The molecule has 0 spiro atoms. The van der Waals surface area contributed by atoms with Gasteiger partial charge in [0.05, 0.1) is 0 Å². The van der Waals surface area contributed by atoms with E-state index >= 15 is 0 Å². The van der Waals surface area contributed by atoms with Crippen LogP contribution < -0.4 is 5.32 Å². The molecule has 2 unspecified atom stereocenters. The third kappa shape index (κ3) is 4.23. The number of nitrogens with one attached hydrogen (secondary N) is 1. The monoisotopic (exact) mass is 354 g/mol. The summed E-state index contributed by atoms with van der Waals surface area (Å²) in [5.74, 6) is 0.482. The molecule has 0 bridgehead atoms. The van der Waals surface area contributed by atoms with Crippen molar-refractivity contribution in [3.8, 4) is 0 Å². The van der Waals surface area contributed by atoms with Gasteiger partial charge in [-0.3, -0.25) is 9.59 Å². The summed E-state index contributed by atoms with van der Waals surface area (Å²) in [5.41, 5.74) is 2.25. The van der Waals surface area contributed by atoms with Crippen molar-refractivity contribution in [1.82, 2.24) is 10.2 Å². The topological polar surface area (TPSA) is 49.4 Å². The molecule has 1 heterocycles. The lowest BCUT2D eigenvalue weighted by Gasteiger charge is -2.27. The van der Waals surface area contributed by atoms with Gasteiger partial charge in [-0.2, -0.15) is 0 Å². The van der Waals surface area contributed by atoms with Gasteiger partial charge in [-0.05, 0) is 17.5 Å². The van der Waals surface area contributed by atoms with Gasteiger partial charge in [-0.1, -0.05) is 60.7 Å². The highest BCUT2D eigenvalue weighted by Crippen LogP contribution is 2.41. The van der Waals surface area contributed by atoms with Gasteiger partial charge in [-0.25, -0.2) is 0 Å². The second kappa shape index (κ2) is 8.21. The normalized spacial score (nSPS) is 19.6. The Kier molecular flexibility index (Phi) is 5.76. The van der Waals surface area contributed by atoms with Crippen LogP contribution in [0.1, 0.15) is 23.4 Å². The Morgan fingerprint density at radius 3 is 2.36 bits per heavy atom. The van der Waals surface area contributed by atoms with Crippen molar-refractivity contribution in [2.75, 3.05) is 12.3 Å². The third-order valence-corrected chi connectivity index (χ3v) is 5.63. The zero-order chi connectivity index (χ0) is 17.6. The molecule has 25 heavy (non-hydrogen) atoms. The minimum Gasteiger partial charge on any atom is -0.354 e. The zero-order valence-corrected chi connectivity index (χ0v) is 15.0. The quantitative estimate of drug-likeness (QED) is 0.898. The lowest BCUT2D eigenvalue weighted by atomic mass is 10.1. The van der Waals surface area contributed by atoms with Crippen LogP contribution in [0.3, 0.4) is 0 Å². The number of thioether (sulfide) groups is 1. The predicted molar refractivity (Wildman–Crippen MR) is 101 cm³/mol. The molecular weight excluding hydrogens is 332 g/mol. The maximum absolute atomic E-state index is 12.6. The Hall–Kier alpha value is -2.27. The van der Waals surface area contributed by atoms with E-state index in [0.29, 0.717) is 12.3 Å². The standard InChI is InChI=1S/C20H22N2O2S/c1-15(23)22-18(14-25-20(22)17-10-6-3-7-11-17)19(24)21-13-12-16-8-4-2-5-9-16/h2-11,18,20H,12-14H2,1H3,(H,21,24). The van der Waals surface area contributed by atoms with E-state index in [1.54, 1.807) is 16.7 Å². The van der Waals surface area contributed by atoms with E-state index in [-0.39, 0.29) is 17.2 Å². The van der Waals surface area contributed by atoms with Crippen molar-refractivity contribution >= 4 is 23.6 Å². The minimum absolute atomic E-state index is 0.0675. The molecule has 2 aromatic rings. The highest BCUT2D eigenvalue weighted by atomic mass is 32.2. The number of carbonyl (C=O) groups is 2. The summed E-state index contributed by atoms with van der Waals surface area (Å²) in [5, 5.41) is 2.89. The lowest BCUT2D eigenvalue weighted by molar-refractivity contribution is -0.138. The Morgan fingerprint density at radius 2 is 1.72 bits per heavy atom. The molecule has 1 fully saturated rings. The Balaban J connectivity index is 1.62. The second-order valence-electron chi connectivity index (χ2n) is 6.07. The van der Waals surface area contributed by atoms with Gasteiger partial charge in [0.2, 0.25) is 11.8 Å². The van der Waals surface area contributed by atoms with Gasteiger partial charge in [0.25, 0.3) is 0 Å². The molecule has 1 aliphatic heterocycles. The number of hydrogen-bond acceptors (Lipinski definition) is 3. The molecule has 2 amide bonds. The van der Waals surface area contributed by atoms with E-state index in [0.717, 1.165) is 12.0 Å². The second-order valence-corrected chi connectivity index (χ2v) is 7.18. The molecule has 1 saturated heterocycles. The summed E-state index contributed by atoms with van der Waals surface area (Å²) in [4.78, 5) is 26.5. The summed E-state index contributed by atoms with van der Waals surface area (Å²) < 4.78 is 0. The molecular formula is C20H22N2O2S. The average molecular weight is 354 g/mol. The van der Waals surface area contributed by atoms with Crippen LogP contribution in [0.15, 0.2) is 60.7 Å². The van der Waals surface area contributed by atoms with Crippen molar-refractivity contribution in [3.05, 3.63) is 71.8 Å². The number of nitrogens with zero attached hydrogens (tertiary/aromatic N) is 1. The molecule has 3 rings (SSSR count).